The van der Waals surface area contributed by atoms with Gasteiger partial charge in [0.1, 0.15) is 36.0 Å². The van der Waals surface area contributed by atoms with E-state index >= 15 is 0 Å². The van der Waals surface area contributed by atoms with Crippen molar-refractivity contribution in [1.29, 1.82) is 5.26 Å². The van der Waals surface area contributed by atoms with Crippen LogP contribution in [0.2, 0.25) is 0 Å². The molecule has 0 aromatic carbocycles. The van der Waals surface area contributed by atoms with Gasteiger partial charge in [-0.3, -0.25) is 19.2 Å². The number of H-pyrrole nitrogens is 1. The zero-order valence-corrected chi connectivity index (χ0v) is 25.4. The number of thioether (sulfide) groups is 1. The first-order valence-corrected chi connectivity index (χ1v) is 14.4. The lowest BCUT2D eigenvalue weighted by Crippen LogP contribution is -2.43. The van der Waals surface area contributed by atoms with Gasteiger partial charge in [-0.25, -0.2) is 9.67 Å². The number of hydrogen-bond donors (Lipinski definition) is 1. The Morgan fingerprint density at radius 3 is 2.54 bits per heavy atom. The molecule has 41 heavy (non-hydrogen) atoms. The minimum atomic E-state index is -1.06. The molecular weight excluding hydrogens is 644 g/mol. The van der Waals surface area contributed by atoms with Crippen LogP contribution in [0.4, 0.5) is 0 Å². The van der Waals surface area contributed by atoms with Gasteiger partial charge < -0.3 is 23.9 Å². The lowest BCUT2D eigenvalue weighted by molar-refractivity contribution is -0.170. The highest BCUT2D eigenvalue weighted by Crippen LogP contribution is 2.33. The maximum Gasteiger partial charge on any atom is 0.304 e. The van der Waals surface area contributed by atoms with Crippen LogP contribution < -0.4 is 4.87 Å². The Labute approximate surface area is 250 Å². The smallest absolute Gasteiger partial charge is 0.304 e. The van der Waals surface area contributed by atoms with Crippen molar-refractivity contribution < 1.29 is 33.3 Å². The van der Waals surface area contributed by atoms with Gasteiger partial charge in [-0.2, -0.15) is 5.26 Å². The van der Waals surface area contributed by atoms with Crippen LogP contribution >= 0.6 is 39.0 Å². The van der Waals surface area contributed by atoms with Crippen molar-refractivity contribution in [1.82, 2.24) is 25.0 Å². The van der Waals surface area contributed by atoms with Crippen molar-refractivity contribution in [3.63, 3.8) is 0 Å². The predicted octanol–water partition coefficient (Wildman–Crippen LogP) is 2.67. The molecule has 1 N–H and O–H groups in total. The number of pyridine rings is 1. The van der Waals surface area contributed by atoms with Gasteiger partial charge in [-0.15, -0.1) is 5.10 Å². The lowest BCUT2D eigenvalue weighted by atomic mass is 10.2. The Morgan fingerprint density at radius 1 is 1.20 bits per heavy atom. The van der Waals surface area contributed by atoms with Crippen molar-refractivity contribution in [2.75, 3.05) is 6.61 Å². The van der Waals surface area contributed by atoms with E-state index in [1.165, 1.54) is 31.6 Å². The number of carbonyl (C=O) groups is 3. The first-order valence-electron chi connectivity index (χ1n) is 11.9. The number of hydrogen-bond acceptors (Lipinski definition) is 14. The summed E-state index contributed by atoms with van der Waals surface area (Å²) in [5.74, 6) is -1.80. The lowest BCUT2D eigenvalue weighted by Gasteiger charge is -2.32. The van der Waals surface area contributed by atoms with Gasteiger partial charge in [0.2, 0.25) is 0 Å². The average Bonchev–Trinajstić information content (AvgIpc) is 3.53. The summed E-state index contributed by atoms with van der Waals surface area (Å²) in [6.07, 6.45) is 0.0853. The molecule has 0 bridgehead atoms. The van der Waals surface area contributed by atoms with E-state index in [2.05, 4.69) is 36.2 Å². The molecule has 0 spiro atoms. The van der Waals surface area contributed by atoms with E-state index < -0.39 is 41.7 Å². The van der Waals surface area contributed by atoms with Crippen LogP contribution in [0.3, 0.4) is 0 Å². The van der Waals surface area contributed by atoms with E-state index in [9.17, 15) is 24.4 Å². The van der Waals surface area contributed by atoms with Crippen molar-refractivity contribution in [3.8, 4) is 17.5 Å². The molecule has 2 unspecified atom stereocenters. The van der Waals surface area contributed by atoms with E-state index in [0.717, 1.165) is 23.1 Å². The molecule has 4 atom stereocenters. The quantitative estimate of drug-likeness (QED) is 0.121. The standard InChI is InChI=1S/C24H25BrN6O8S2/c1-12(37-14(3)33)21(10-36-13(2)32)39-23(41-22-5-16(25)7-27-17(22)6-26)20(38-15(4)34)9-31-8-18(29-30-31)19-11-40-24(35)28-19/h5,7-8,11-12,20-21,23H,9-10H2,1-4H3,(H,28,35)/t12-,20+,21?,23?/m1/s1. The molecule has 3 aromatic rings. The molecule has 0 aliphatic carbocycles. The van der Waals surface area contributed by atoms with Crippen LogP contribution in [-0.4, -0.2) is 73.2 Å². The Hall–Kier alpha value is -3.59. The summed E-state index contributed by atoms with van der Waals surface area (Å²) in [5, 5.41) is 19.4. The topological polar surface area (TPSA) is 188 Å². The van der Waals surface area contributed by atoms with E-state index in [1.807, 2.05) is 6.07 Å². The number of nitriles is 1. The SMILES string of the molecule is CC(=O)OCC(OC(Sc1cc(Br)cnc1C#N)[C@H](Cn1cc(-c2csc(=O)[nH]2)nn1)OC(C)=O)[C@@H](C)OC(C)=O. The molecule has 0 saturated heterocycles. The Morgan fingerprint density at radius 2 is 1.93 bits per heavy atom. The van der Waals surface area contributed by atoms with Gasteiger partial charge in [-0.05, 0) is 28.9 Å². The van der Waals surface area contributed by atoms with Crippen LogP contribution in [0.5, 0.6) is 0 Å². The number of thiazole rings is 1. The van der Waals surface area contributed by atoms with Crippen LogP contribution in [0.25, 0.3) is 11.4 Å². The molecule has 0 fully saturated rings. The summed E-state index contributed by atoms with van der Waals surface area (Å²) >= 11 is 5.34. The summed E-state index contributed by atoms with van der Waals surface area (Å²) in [4.78, 5) is 53.9. The predicted molar refractivity (Wildman–Crippen MR) is 149 cm³/mol. The third-order valence-electron chi connectivity index (χ3n) is 5.13. The fourth-order valence-electron chi connectivity index (χ4n) is 3.40. The van der Waals surface area contributed by atoms with Crippen molar-refractivity contribution in [3.05, 3.63) is 43.7 Å². The van der Waals surface area contributed by atoms with Gasteiger partial charge in [0, 0.05) is 41.7 Å². The van der Waals surface area contributed by atoms with Crippen LogP contribution in [0, 0.1) is 11.3 Å². The second-order valence-electron chi connectivity index (χ2n) is 8.43. The molecule has 17 heteroatoms. The van der Waals surface area contributed by atoms with E-state index in [0.29, 0.717) is 20.8 Å². The third kappa shape index (κ3) is 9.78. The highest BCUT2D eigenvalue weighted by Gasteiger charge is 2.34. The number of aromatic nitrogens is 5. The molecule has 0 amide bonds. The largest absolute Gasteiger partial charge is 0.463 e. The molecule has 14 nitrogen and oxygen atoms in total. The molecule has 0 saturated carbocycles. The monoisotopic (exact) mass is 668 g/mol. The number of aromatic amines is 1. The highest BCUT2D eigenvalue weighted by molar-refractivity contribution is 9.10. The number of carbonyl (C=O) groups excluding carboxylic acids is 3. The Balaban J connectivity index is 2.01. The van der Waals surface area contributed by atoms with Gasteiger partial charge in [0.05, 0.1) is 18.4 Å². The van der Waals surface area contributed by atoms with Crippen LogP contribution in [-0.2, 0) is 39.9 Å². The van der Waals surface area contributed by atoms with Crippen molar-refractivity contribution in [2.24, 2.45) is 0 Å². The summed E-state index contributed by atoms with van der Waals surface area (Å²) in [7, 11) is 0. The molecule has 3 rings (SSSR count). The first kappa shape index (κ1) is 31.9. The number of nitrogens with one attached hydrogen (secondary N) is 1. The van der Waals surface area contributed by atoms with Crippen molar-refractivity contribution >= 4 is 56.9 Å². The molecule has 3 aromatic heterocycles. The van der Waals surface area contributed by atoms with E-state index in [1.54, 1.807) is 24.6 Å². The fourth-order valence-corrected chi connectivity index (χ4v) is 5.60. The maximum atomic E-state index is 12.2. The number of nitrogens with zero attached hydrogens (tertiary/aromatic N) is 5. The fraction of sp³-hybridized carbons (Fsp3) is 0.417. The van der Waals surface area contributed by atoms with Gasteiger partial charge in [-0.1, -0.05) is 28.3 Å². The zero-order valence-electron chi connectivity index (χ0n) is 22.2. The van der Waals surface area contributed by atoms with Crippen molar-refractivity contribution in [2.45, 2.75) is 62.9 Å². The normalized spacial score (nSPS) is 13.9. The van der Waals surface area contributed by atoms with E-state index in [4.69, 9.17) is 18.9 Å². The summed E-state index contributed by atoms with van der Waals surface area (Å²) in [5.41, 5.74) is -0.126. The molecule has 3 heterocycles. The second-order valence-corrected chi connectivity index (χ2v) is 11.3. The number of ether oxygens (including phenoxy) is 4. The van der Waals surface area contributed by atoms with Crippen LogP contribution in [0.15, 0.2) is 38.0 Å². The van der Waals surface area contributed by atoms with E-state index in [-0.39, 0.29) is 23.7 Å². The molecule has 0 aliphatic heterocycles. The number of rotatable bonds is 13. The summed E-state index contributed by atoms with van der Waals surface area (Å²) < 4.78 is 24.4. The molecule has 0 aliphatic rings. The molecule has 0 radical (unpaired) electrons. The van der Waals surface area contributed by atoms with Crippen LogP contribution in [0.1, 0.15) is 33.4 Å². The Kier molecular flexibility index (Phi) is 11.6. The third-order valence-corrected chi connectivity index (χ3v) is 7.44. The Bertz CT molecular complexity index is 1480. The first-order chi connectivity index (χ1) is 19.4. The van der Waals surface area contributed by atoms with Gasteiger partial charge >= 0.3 is 22.8 Å². The molecular formula is C24H25BrN6O8S2. The summed E-state index contributed by atoms with van der Waals surface area (Å²) in [6.45, 7) is 4.87. The number of halogens is 1. The second kappa shape index (κ2) is 14.9. The molecule has 218 valence electrons. The highest BCUT2D eigenvalue weighted by atomic mass is 79.9. The number of esters is 3. The van der Waals surface area contributed by atoms with Gasteiger partial charge in [0.15, 0.2) is 11.8 Å². The summed E-state index contributed by atoms with van der Waals surface area (Å²) in [6, 6.07) is 3.66. The minimum absolute atomic E-state index is 0.0653. The zero-order chi connectivity index (χ0) is 30.1. The minimum Gasteiger partial charge on any atom is -0.463 e. The van der Waals surface area contributed by atoms with Gasteiger partial charge in [0.25, 0.3) is 0 Å². The maximum absolute atomic E-state index is 12.2. The average molecular weight is 670 g/mol.